The number of aromatic nitrogens is 3. The van der Waals surface area contributed by atoms with E-state index in [0.717, 1.165) is 20.7 Å². The molecule has 4 nitrogen and oxygen atoms in total. The van der Waals surface area contributed by atoms with E-state index in [0.29, 0.717) is 6.04 Å². The summed E-state index contributed by atoms with van der Waals surface area (Å²) in [5.74, 6) is 0. The molecule has 0 aliphatic rings. The lowest BCUT2D eigenvalue weighted by Crippen LogP contribution is -2.04. The summed E-state index contributed by atoms with van der Waals surface area (Å²) < 4.78 is 2.95. The van der Waals surface area contributed by atoms with E-state index in [2.05, 4.69) is 23.9 Å². The topological polar surface area (TPSA) is 56.7 Å². The van der Waals surface area contributed by atoms with Crippen LogP contribution in [0.25, 0.3) is 0 Å². The monoisotopic (exact) mass is 254 g/mol. The molecular weight excluding hydrogens is 240 g/mol. The molecule has 16 heavy (non-hydrogen) atoms. The molecule has 0 saturated carbocycles. The van der Waals surface area contributed by atoms with Gasteiger partial charge in [-0.25, -0.2) is 4.98 Å². The molecular formula is C10H14N4S2. The van der Waals surface area contributed by atoms with E-state index in [-0.39, 0.29) is 0 Å². The summed E-state index contributed by atoms with van der Waals surface area (Å²) in [6.07, 6.45) is 1.80. The summed E-state index contributed by atoms with van der Waals surface area (Å²) in [6.45, 7) is 6.12. The number of nitrogen functional groups attached to an aromatic ring is 1. The van der Waals surface area contributed by atoms with Crippen LogP contribution < -0.4 is 5.73 Å². The smallest absolute Gasteiger partial charge is 0.156 e. The first kappa shape index (κ1) is 11.5. The first-order valence-corrected chi connectivity index (χ1v) is 6.71. The number of anilines is 1. The molecule has 0 amide bonds. The lowest BCUT2D eigenvalue weighted by atomic mass is 10.4. The maximum atomic E-state index is 6.03. The number of hydrogen-bond acceptors (Lipinski definition) is 5. The van der Waals surface area contributed by atoms with Crippen molar-refractivity contribution in [3.63, 3.8) is 0 Å². The maximum Gasteiger partial charge on any atom is 0.156 e. The van der Waals surface area contributed by atoms with Crippen LogP contribution in [0.3, 0.4) is 0 Å². The molecule has 0 aromatic carbocycles. The number of hydrogen-bond donors (Lipinski definition) is 1. The first-order chi connectivity index (χ1) is 7.59. The Morgan fingerprint density at radius 2 is 2.25 bits per heavy atom. The molecule has 2 aromatic rings. The largest absolute Gasteiger partial charge is 0.395 e. The van der Waals surface area contributed by atoms with Gasteiger partial charge < -0.3 is 5.73 Å². The molecule has 0 fully saturated rings. The van der Waals surface area contributed by atoms with Crippen molar-refractivity contribution in [1.82, 2.24) is 14.8 Å². The van der Waals surface area contributed by atoms with Crippen molar-refractivity contribution in [1.29, 1.82) is 0 Å². The van der Waals surface area contributed by atoms with Crippen LogP contribution in [0.4, 0.5) is 5.69 Å². The summed E-state index contributed by atoms with van der Waals surface area (Å²) in [4.78, 5) is 4.25. The van der Waals surface area contributed by atoms with Crippen molar-refractivity contribution in [2.45, 2.75) is 36.2 Å². The second kappa shape index (κ2) is 4.47. The maximum absolute atomic E-state index is 6.03. The Morgan fingerprint density at radius 1 is 1.50 bits per heavy atom. The highest BCUT2D eigenvalue weighted by atomic mass is 32.2. The minimum Gasteiger partial charge on any atom is -0.395 e. The zero-order valence-electron chi connectivity index (χ0n) is 9.47. The van der Waals surface area contributed by atoms with Crippen LogP contribution in [0.15, 0.2) is 20.9 Å². The summed E-state index contributed by atoms with van der Waals surface area (Å²) >= 11 is 3.19. The predicted octanol–water partition coefficient (Wildman–Crippen LogP) is 2.96. The van der Waals surface area contributed by atoms with E-state index in [1.54, 1.807) is 29.3 Å². The molecule has 0 spiro atoms. The zero-order valence-corrected chi connectivity index (χ0v) is 11.1. The van der Waals surface area contributed by atoms with Crippen LogP contribution >= 0.6 is 23.1 Å². The van der Waals surface area contributed by atoms with Gasteiger partial charge in [0.1, 0.15) is 5.03 Å². The fraction of sp³-hybridized carbons (Fsp3) is 0.400. The molecule has 2 heterocycles. The molecule has 0 unspecified atom stereocenters. The number of rotatable bonds is 3. The summed E-state index contributed by atoms with van der Waals surface area (Å²) in [5.41, 5.74) is 7.67. The van der Waals surface area contributed by atoms with Gasteiger partial charge in [-0.05, 0) is 32.5 Å². The lowest BCUT2D eigenvalue weighted by Gasteiger charge is -2.09. The van der Waals surface area contributed by atoms with Gasteiger partial charge in [-0.1, -0.05) is 0 Å². The lowest BCUT2D eigenvalue weighted by molar-refractivity contribution is 0.491. The Morgan fingerprint density at radius 3 is 2.81 bits per heavy atom. The average molecular weight is 254 g/mol. The highest BCUT2D eigenvalue weighted by molar-refractivity contribution is 8.01. The van der Waals surface area contributed by atoms with Gasteiger partial charge in [-0.15, -0.1) is 11.3 Å². The van der Waals surface area contributed by atoms with E-state index in [4.69, 9.17) is 5.73 Å². The zero-order chi connectivity index (χ0) is 11.7. The quantitative estimate of drug-likeness (QED) is 0.915. The fourth-order valence-corrected chi connectivity index (χ4v) is 3.17. The molecule has 2 rings (SSSR count). The third-order valence-electron chi connectivity index (χ3n) is 2.17. The Balaban J connectivity index is 2.38. The highest BCUT2D eigenvalue weighted by Gasteiger charge is 2.16. The standard InChI is InChI=1S/C10H14N4S2/c1-6(2)14-9(8(11)7(3)13-14)16-10-12-4-5-15-10/h4-6H,11H2,1-3H3. The van der Waals surface area contributed by atoms with Gasteiger partial charge >= 0.3 is 0 Å². The van der Waals surface area contributed by atoms with Gasteiger partial charge in [0.25, 0.3) is 0 Å². The van der Waals surface area contributed by atoms with E-state index < -0.39 is 0 Å². The fourth-order valence-electron chi connectivity index (χ4n) is 1.33. The molecule has 0 atom stereocenters. The van der Waals surface area contributed by atoms with Gasteiger partial charge in [-0.2, -0.15) is 5.10 Å². The average Bonchev–Trinajstić information content (AvgIpc) is 2.81. The Bertz CT molecular complexity index is 473. The molecule has 0 aliphatic heterocycles. The molecule has 2 aromatic heterocycles. The predicted molar refractivity (Wildman–Crippen MR) is 68.0 cm³/mol. The van der Waals surface area contributed by atoms with Crippen molar-refractivity contribution < 1.29 is 0 Å². The van der Waals surface area contributed by atoms with Crippen molar-refractivity contribution in [2.24, 2.45) is 0 Å². The molecule has 86 valence electrons. The third-order valence-corrected chi connectivity index (χ3v) is 4.15. The second-order valence-corrected chi connectivity index (χ2v) is 5.87. The number of thiazole rings is 1. The van der Waals surface area contributed by atoms with Gasteiger partial charge in [0.2, 0.25) is 0 Å². The molecule has 6 heteroatoms. The molecule has 0 aliphatic carbocycles. The van der Waals surface area contributed by atoms with Crippen molar-refractivity contribution >= 4 is 28.8 Å². The van der Waals surface area contributed by atoms with Crippen molar-refractivity contribution in [3.05, 3.63) is 17.3 Å². The van der Waals surface area contributed by atoms with Gasteiger partial charge in [0.05, 0.1) is 11.4 Å². The van der Waals surface area contributed by atoms with E-state index in [1.807, 2.05) is 17.0 Å². The minimum atomic E-state index is 0.304. The number of nitrogens with zero attached hydrogens (tertiary/aromatic N) is 3. The van der Waals surface area contributed by atoms with Crippen molar-refractivity contribution in [3.8, 4) is 0 Å². The van der Waals surface area contributed by atoms with Crippen LogP contribution in [0, 0.1) is 6.92 Å². The van der Waals surface area contributed by atoms with Crippen LogP contribution in [-0.4, -0.2) is 14.8 Å². The van der Waals surface area contributed by atoms with E-state index in [9.17, 15) is 0 Å². The van der Waals surface area contributed by atoms with Crippen molar-refractivity contribution in [2.75, 3.05) is 5.73 Å². The van der Waals surface area contributed by atoms with Crippen LogP contribution in [0.2, 0.25) is 0 Å². The molecule has 0 saturated heterocycles. The van der Waals surface area contributed by atoms with E-state index >= 15 is 0 Å². The minimum absolute atomic E-state index is 0.304. The van der Waals surface area contributed by atoms with Crippen LogP contribution in [0.1, 0.15) is 25.6 Å². The summed E-state index contributed by atoms with van der Waals surface area (Å²) in [7, 11) is 0. The Labute approximate surface area is 103 Å². The van der Waals surface area contributed by atoms with Crippen LogP contribution in [0.5, 0.6) is 0 Å². The number of aryl methyl sites for hydroxylation is 1. The first-order valence-electron chi connectivity index (χ1n) is 5.01. The molecule has 0 radical (unpaired) electrons. The normalized spacial score (nSPS) is 11.2. The summed E-state index contributed by atoms with van der Waals surface area (Å²) in [6, 6.07) is 0.304. The van der Waals surface area contributed by atoms with Gasteiger partial charge in [0.15, 0.2) is 4.34 Å². The Hall–Kier alpha value is -1.01. The SMILES string of the molecule is Cc1nn(C(C)C)c(Sc2nccs2)c1N. The van der Waals surface area contributed by atoms with Crippen LogP contribution in [-0.2, 0) is 0 Å². The van der Waals surface area contributed by atoms with Gasteiger partial charge in [-0.3, -0.25) is 4.68 Å². The number of nitrogens with two attached hydrogens (primary N) is 1. The van der Waals surface area contributed by atoms with Gasteiger partial charge in [0, 0.05) is 17.6 Å². The molecule has 0 bridgehead atoms. The Kier molecular flexibility index (Phi) is 3.20. The molecule has 2 N–H and O–H groups in total. The highest BCUT2D eigenvalue weighted by Crippen LogP contribution is 2.36. The third kappa shape index (κ3) is 2.08. The second-order valence-electron chi connectivity index (χ2n) is 3.74. The van der Waals surface area contributed by atoms with E-state index in [1.165, 1.54) is 0 Å². The summed E-state index contributed by atoms with van der Waals surface area (Å²) in [5, 5.41) is 7.39.